The molecular formula is C19H22FIN4O. The fraction of sp³-hybridized carbons (Fsp3) is 0.263. The molecule has 2 aromatic rings. The van der Waals surface area contributed by atoms with Gasteiger partial charge in [0.2, 0.25) is 0 Å². The van der Waals surface area contributed by atoms with Gasteiger partial charge in [0, 0.05) is 31.3 Å². The number of hydrogen-bond donors (Lipinski definition) is 2. The average molecular weight is 468 g/mol. The topological polar surface area (TPSA) is 69.4 Å². The van der Waals surface area contributed by atoms with E-state index in [-0.39, 0.29) is 36.3 Å². The molecule has 0 atom stereocenters. The molecule has 0 bridgehead atoms. The van der Waals surface area contributed by atoms with E-state index in [1.165, 1.54) is 18.2 Å². The second-order valence-corrected chi connectivity index (χ2v) is 5.51. The first kappa shape index (κ1) is 21.7. The Kier molecular flexibility index (Phi) is 8.85. The second-order valence-electron chi connectivity index (χ2n) is 5.51. The number of nitrogens with one attached hydrogen (secondary N) is 2. The SMILES string of the molecule is CN=C(NCc1cc(C#N)ccc1F)NCc1ccc(C)cc1OC.I. The van der Waals surface area contributed by atoms with Crippen LogP contribution >= 0.6 is 24.0 Å². The Balaban J connectivity index is 0.00000338. The van der Waals surface area contributed by atoms with Gasteiger partial charge in [-0.25, -0.2) is 4.39 Å². The predicted octanol–water partition coefficient (Wildman–Crippen LogP) is 3.50. The van der Waals surface area contributed by atoms with Crippen LogP contribution in [-0.2, 0) is 13.1 Å². The van der Waals surface area contributed by atoms with Gasteiger partial charge in [-0.05, 0) is 36.8 Å². The van der Waals surface area contributed by atoms with Crippen molar-refractivity contribution < 1.29 is 9.13 Å². The highest BCUT2D eigenvalue weighted by Gasteiger charge is 2.07. The summed E-state index contributed by atoms with van der Waals surface area (Å²) in [6.45, 7) is 2.75. The predicted molar refractivity (Wildman–Crippen MR) is 111 cm³/mol. The van der Waals surface area contributed by atoms with Crippen LogP contribution in [0.5, 0.6) is 5.75 Å². The van der Waals surface area contributed by atoms with Gasteiger partial charge in [-0.3, -0.25) is 4.99 Å². The number of halogens is 2. The van der Waals surface area contributed by atoms with Gasteiger partial charge in [0.25, 0.3) is 0 Å². The molecule has 0 heterocycles. The number of guanidine groups is 1. The third-order valence-corrected chi connectivity index (χ3v) is 3.73. The van der Waals surface area contributed by atoms with Gasteiger partial charge in [0.1, 0.15) is 11.6 Å². The van der Waals surface area contributed by atoms with Gasteiger partial charge in [0.15, 0.2) is 5.96 Å². The van der Waals surface area contributed by atoms with Crippen molar-refractivity contribution in [2.45, 2.75) is 20.0 Å². The van der Waals surface area contributed by atoms with Gasteiger partial charge in [-0.1, -0.05) is 12.1 Å². The van der Waals surface area contributed by atoms with Gasteiger partial charge < -0.3 is 15.4 Å². The monoisotopic (exact) mass is 468 g/mol. The second kappa shape index (κ2) is 10.6. The molecule has 0 radical (unpaired) electrons. The molecule has 2 rings (SSSR count). The highest BCUT2D eigenvalue weighted by atomic mass is 127. The quantitative estimate of drug-likeness (QED) is 0.401. The summed E-state index contributed by atoms with van der Waals surface area (Å²) in [4.78, 5) is 4.13. The summed E-state index contributed by atoms with van der Waals surface area (Å²) in [5, 5.41) is 15.1. The maximum atomic E-state index is 13.8. The normalized spacial score (nSPS) is 10.5. The molecule has 0 spiro atoms. The first-order chi connectivity index (χ1) is 12.1. The van der Waals surface area contributed by atoms with Crippen LogP contribution in [0.1, 0.15) is 22.3 Å². The number of rotatable bonds is 5. The Hall–Kier alpha value is -2.34. The first-order valence-electron chi connectivity index (χ1n) is 7.84. The summed E-state index contributed by atoms with van der Waals surface area (Å²) < 4.78 is 19.2. The lowest BCUT2D eigenvalue weighted by Gasteiger charge is -2.14. The maximum Gasteiger partial charge on any atom is 0.191 e. The highest BCUT2D eigenvalue weighted by Crippen LogP contribution is 2.19. The van der Waals surface area contributed by atoms with Gasteiger partial charge >= 0.3 is 0 Å². The Labute approximate surface area is 170 Å². The van der Waals surface area contributed by atoms with E-state index in [9.17, 15) is 4.39 Å². The first-order valence-corrected chi connectivity index (χ1v) is 7.84. The van der Waals surface area contributed by atoms with Crippen molar-refractivity contribution in [2.75, 3.05) is 14.2 Å². The number of hydrogen-bond acceptors (Lipinski definition) is 3. The van der Waals surface area contributed by atoms with Crippen molar-refractivity contribution >= 4 is 29.9 Å². The fourth-order valence-corrected chi connectivity index (χ4v) is 2.36. The molecule has 7 heteroatoms. The Morgan fingerprint density at radius 1 is 1.15 bits per heavy atom. The van der Waals surface area contributed by atoms with Crippen LogP contribution in [0, 0.1) is 24.1 Å². The minimum Gasteiger partial charge on any atom is -0.496 e. The van der Waals surface area contributed by atoms with E-state index < -0.39 is 0 Å². The van der Waals surface area contributed by atoms with Crippen LogP contribution in [-0.4, -0.2) is 20.1 Å². The lowest BCUT2D eigenvalue weighted by molar-refractivity contribution is 0.408. The number of ether oxygens (including phenoxy) is 1. The molecule has 0 aliphatic carbocycles. The molecule has 0 fully saturated rings. The van der Waals surface area contributed by atoms with Gasteiger partial charge in [-0.2, -0.15) is 5.26 Å². The summed E-state index contributed by atoms with van der Waals surface area (Å²) in [6.07, 6.45) is 0. The van der Waals surface area contributed by atoms with Crippen LogP contribution in [0.4, 0.5) is 4.39 Å². The summed E-state index contributed by atoms with van der Waals surface area (Å²) in [7, 11) is 3.28. The Morgan fingerprint density at radius 2 is 1.85 bits per heavy atom. The molecule has 0 saturated heterocycles. The summed E-state index contributed by atoms with van der Waals surface area (Å²) in [5.41, 5.74) is 2.95. The Morgan fingerprint density at radius 3 is 2.46 bits per heavy atom. The lowest BCUT2D eigenvalue weighted by atomic mass is 10.1. The van der Waals surface area contributed by atoms with Crippen LogP contribution in [0.2, 0.25) is 0 Å². The molecule has 2 N–H and O–H groups in total. The largest absolute Gasteiger partial charge is 0.496 e. The van der Waals surface area contributed by atoms with Crippen molar-refractivity contribution in [1.82, 2.24) is 10.6 Å². The number of aryl methyl sites for hydroxylation is 1. The highest BCUT2D eigenvalue weighted by molar-refractivity contribution is 14.0. The molecule has 138 valence electrons. The molecular weight excluding hydrogens is 446 g/mol. The lowest BCUT2D eigenvalue weighted by Crippen LogP contribution is -2.36. The van der Waals surface area contributed by atoms with E-state index in [2.05, 4.69) is 15.6 Å². The van der Waals surface area contributed by atoms with E-state index in [1.54, 1.807) is 14.2 Å². The smallest absolute Gasteiger partial charge is 0.191 e. The van der Waals surface area contributed by atoms with Crippen molar-refractivity contribution in [2.24, 2.45) is 4.99 Å². The molecule has 0 amide bonds. The van der Waals surface area contributed by atoms with Crippen molar-refractivity contribution in [3.05, 3.63) is 64.5 Å². The van der Waals surface area contributed by atoms with Crippen LogP contribution < -0.4 is 15.4 Å². The standard InChI is InChI=1S/C19H21FN4O.HI/c1-13-4-6-15(18(8-13)25-3)11-23-19(22-2)24-12-16-9-14(10-21)5-7-17(16)20;/h4-9H,11-12H2,1-3H3,(H2,22,23,24);1H. The molecule has 26 heavy (non-hydrogen) atoms. The molecule has 0 saturated carbocycles. The zero-order valence-electron chi connectivity index (χ0n) is 15.0. The van der Waals surface area contributed by atoms with Crippen LogP contribution in [0.3, 0.4) is 0 Å². The summed E-state index contributed by atoms with van der Waals surface area (Å²) >= 11 is 0. The zero-order chi connectivity index (χ0) is 18.2. The van der Waals surface area contributed by atoms with Crippen molar-refractivity contribution in [3.8, 4) is 11.8 Å². The molecule has 0 aliphatic heterocycles. The van der Waals surface area contributed by atoms with Crippen LogP contribution in [0.15, 0.2) is 41.4 Å². The van der Waals surface area contributed by atoms with E-state index in [0.29, 0.717) is 23.6 Å². The number of methoxy groups -OCH3 is 1. The molecule has 0 aliphatic rings. The summed E-state index contributed by atoms with van der Waals surface area (Å²) in [6, 6.07) is 12.3. The molecule has 0 aromatic heterocycles. The third-order valence-electron chi connectivity index (χ3n) is 3.73. The number of benzene rings is 2. The van der Waals surface area contributed by atoms with E-state index in [1.807, 2.05) is 31.2 Å². The van der Waals surface area contributed by atoms with E-state index >= 15 is 0 Å². The number of nitriles is 1. The Bertz CT molecular complexity index is 818. The van der Waals surface area contributed by atoms with Crippen molar-refractivity contribution in [1.29, 1.82) is 5.26 Å². The van der Waals surface area contributed by atoms with Gasteiger partial charge in [0.05, 0.1) is 18.7 Å². The molecule has 5 nitrogen and oxygen atoms in total. The fourth-order valence-electron chi connectivity index (χ4n) is 2.36. The average Bonchev–Trinajstić information content (AvgIpc) is 2.63. The molecule has 2 aromatic carbocycles. The number of aliphatic imine (C=N–C) groups is 1. The third kappa shape index (κ3) is 5.88. The summed E-state index contributed by atoms with van der Waals surface area (Å²) in [5.74, 6) is 0.974. The zero-order valence-corrected chi connectivity index (χ0v) is 17.3. The number of nitrogens with zero attached hydrogens (tertiary/aromatic N) is 2. The van der Waals surface area contributed by atoms with Crippen molar-refractivity contribution in [3.63, 3.8) is 0 Å². The molecule has 0 unspecified atom stereocenters. The van der Waals surface area contributed by atoms with E-state index in [0.717, 1.165) is 16.9 Å². The maximum absolute atomic E-state index is 13.8. The van der Waals surface area contributed by atoms with Gasteiger partial charge in [-0.15, -0.1) is 24.0 Å². The minimum absolute atomic E-state index is 0. The van der Waals surface area contributed by atoms with Crippen LogP contribution in [0.25, 0.3) is 0 Å². The minimum atomic E-state index is -0.359. The van der Waals surface area contributed by atoms with E-state index in [4.69, 9.17) is 10.00 Å².